The van der Waals surface area contributed by atoms with Gasteiger partial charge in [-0.3, -0.25) is 14.6 Å². The van der Waals surface area contributed by atoms with Gasteiger partial charge >= 0.3 is 0 Å². The van der Waals surface area contributed by atoms with E-state index < -0.39 is 12.1 Å². The van der Waals surface area contributed by atoms with Crippen LogP contribution in [-0.4, -0.2) is 65.1 Å². The summed E-state index contributed by atoms with van der Waals surface area (Å²) in [4.78, 5) is 31.7. The minimum Gasteiger partial charge on any atom is -0.493 e. The molecule has 0 spiro atoms. The predicted molar refractivity (Wildman–Crippen MR) is 243 cm³/mol. The molecule has 320 valence electrons. The third-order valence-corrected chi connectivity index (χ3v) is 10.6. The maximum atomic E-state index is 14.1. The van der Waals surface area contributed by atoms with E-state index in [4.69, 9.17) is 26.7 Å². The second-order valence-corrected chi connectivity index (χ2v) is 15.7. The summed E-state index contributed by atoms with van der Waals surface area (Å²) in [5.74, 6) is 1.29. The van der Waals surface area contributed by atoms with Gasteiger partial charge in [-0.25, -0.2) is 4.68 Å². The maximum Gasteiger partial charge on any atom is 0.245 e. The molecule has 0 aliphatic heterocycles. The highest BCUT2D eigenvalue weighted by Crippen LogP contribution is 2.45. The highest BCUT2D eigenvalue weighted by atomic mass is 16.5. The van der Waals surface area contributed by atoms with Crippen LogP contribution in [0.25, 0.3) is 32.7 Å². The first-order chi connectivity index (χ1) is 29.7. The number of carbonyl (C=O) groups is 2. The number of nitrogens with zero attached hydrogens (tertiary/aromatic N) is 4. The van der Waals surface area contributed by atoms with Gasteiger partial charge in [0.2, 0.25) is 11.8 Å². The Morgan fingerprint density at radius 1 is 0.754 bits per heavy atom. The van der Waals surface area contributed by atoms with Crippen LogP contribution in [0.3, 0.4) is 0 Å². The Labute approximate surface area is 358 Å². The number of aliphatic imine (C=N–C) groups is 1. The zero-order valence-corrected chi connectivity index (χ0v) is 35.3. The van der Waals surface area contributed by atoms with Crippen LogP contribution in [0.4, 0.5) is 0 Å². The number of guanidine groups is 1. The van der Waals surface area contributed by atoms with Gasteiger partial charge in [0, 0.05) is 24.2 Å². The fourth-order valence-corrected chi connectivity index (χ4v) is 7.35. The summed E-state index contributed by atoms with van der Waals surface area (Å²) in [6.07, 6.45) is 5.97. The highest BCUT2D eigenvalue weighted by molar-refractivity contribution is 6.09. The summed E-state index contributed by atoms with van der Waals surface area (Å²) in [5, 5.41) is 19.1. The van der Waals surface area contributed by atoms with Crippen molar-refractivity contribution in [3.8, 4) is 22.6 Å². The van der Waals surface area contributed by atoms with Crippen LogP contribution in [0.1, 0.15) is 69.7 Å². The number of ether oxygens (including phenoxy) is 2. The van der Waals surface area contributed by atoms with E-state index in [0.717, 1.165) is 56.8 Å². The van der Waals surface area contributed by atoms with Crippen LogP contribution in [0.2, 0.25) is 0 Å². The Kier molecular flexibility index (Phi) is 16.1. The topological polar surface area (TPSA) is 198 Å². The number of nitrogens with one attached hydrogen (secondary N) is 2. The molecule has 0 aliphatic carbocycles. The Morgan fingerprint density at radius 2 is 1.41 bits per heavy atom. The summed E-state index contributed by atoms with van der Waals surface area (Å²) < 4.78 is 14.7. The van der Waals surface area contributed by atoms with Crippen molar-refractivity contribution in [1.29, 1.82) is 0 Å². The fraction of sp³-hybridized carbons (Fsp3) is 0.354. The van der Waals surface area contributed by atoms with Crippen LogP contribution >= 0.6 is 0 Å². The SMILES string of the molecule is CC(C)CCOc1ccc2ccccc2c1-c1c(OCc2cn([C@H](CCCCN)C(=O)N[C@H](CCCN=C(N)N)C(=O)NCCc3ccccc3)nn2)ccc2ccccc12. The summed E-state index contributed by atoms with van der Waals surface area (Å²) >= 11 is 0. The second kappa shape index (κ2) is 22.2. The lowest BCUT2D eigenvalue weighted by molar-refractivity contribution is -0.131. The van der Waals surface area contributed by atoms with E-state index in [9.17, 15) is 9.59 Å². The number of nitrogens with two attached hydrogens (primary N) is 3. The molecule has 0 aliphatic rings. The third kappa shape index (κ3) is 12.3. The predicted octanol–water partition coefficient (Wildman–Crippen LogP) is 6.82. The number of rotatable bonds is 23. The van der Waals surface area contributed by atoms with Crippen LogP contribution in [-0.2, 0) is 22.6 Å². The average Bonchev–Trinajstić information content (AvgIpc) is 3.74. The minimum atomic E-state index is -0.819. The zero-order valence-electron chi connectivity index (χ0n) is 35.3. The zero-order chi connectivity index (χ0) is 43.0. The lowest BCUT2D eigenvalue weighted by Gasteiger charge is -2.22. The molecule has 6 rings (SSSR count). The molecule has 0 fully saturated rings. The molecule has 13 heteroatoms. The Bertz CT molecular complexity index is 2380. The molecule has 5 aromatic carbocycles. The summed E-state index contributed by atoms with van der Waals surface area (Å²) in [7, 11) is 0. The molecule has 0 saturated heterocycles. The summed E-state index contributed by atoms with van der Waals surface area (Å²) in [6.45, 7) is 6.29. The molecule has 2 atom stereocenters. The molecule has 13 nitrogen and oxygen atoms in total. The van der Waals surface area contributed by atoms with Gasteiger partial charge in [0.25, 0.3) is 0 Å². The van der Waals surface area contributed by atoms with Crippen molar-refractivity contribution in [2.75, 3.05) is 26.2 Å². The average molecular weight is 826 g/mol. The molecular formula is C48H59N9O4. The number of aromatic nitrogens is 3. The van der Waals surface area contributed by atoms with Crippen LogP contribution < -0.4 is 37.3 Å². The van der Waals surface area contributed by atoms with Gasteiger partial charge in [-0.15, -0.1) is 5.10 Å². The molecule has 0 radical (unpaired) electrons. The molecular weight excluding hydrogens is 767 g/mol. The molecule has 0 saturated carbocycles. The standard InChI is InChI=1S/C48H59N9O4/c1-33(2)26-30-60-42-23-21-35-15-6-8-17-38(35)44(42)45-39-18-9-7-16-36(39)22-24-43(45)61-32-37-31-57(56-55-37)41(20-10-11-27-49)47(59)54-40(19-12-28-53-48(50)51)46(58)52-29-25-34-13-4-3-5-14-34/h3-9,13-18,21-24,31,33,40-41H,10-12,19-20,25-30,32,49H2,1-2H3,(H,52,58)(H,54,59)(H4,50,51,53)/t40-,41-/m1/s1. The number of hydrogen-bond donors (Lipinski definition) is 5. The van der Waals surface area contributed by atoms with Crippen LogP contribution in [0.5, 0.6) is 11.5 Å². The van der Waals surface area contributed by atoms with Crippen molar-refractivity contribution in [3.05, 3.63) is 121 Å². The largest absolute Gasteiger partial charge is 0.493 e. The normalized spacial score (nSPS) is 12.3. The molecule has 6 aromatic rings. The lowest BCUT2D eigenvalue weighted by atomic mass is 9.92. The first-order valence-corrected chi connectivity index (χ1v) is 21.3. The monoisotopic (exact) mass is 825 g/mol. The molecule has 2 amide bonds. The number of fused-ring (bicyclic) bond motifs is 2. The van der Waals surface area contributed by atoms with Gasteiger partial charge in [-0.2, -0.15) is 0 Å². The van der Waals surface area contributed by atoms with E-state index >= 15 is 0 Å². The van der Waals surface area contributed by atoms with Crippen molar-refractivity contribution >= 4 is 39.3 Å². The summed E-state index contributed by atoms with van der Waals surface area (Å²) in [5.41, 5.74) is 20.4. The first-order valence-electron chi connectivity index (χ1n) is 21.3. The van der Waals surface area contributed by atoms with E-state index in [1.54, 1.807) is 10.9 Å². The lowest BCUT2D eigenvalue weighted by Crippen LogP contribution is -2.49. The molecule has 1 aromatic heterocycles. The molecule has 61 heavy (non-hydrogen) atoms. The van der Waals surface area contributed by atoms with Crippen LogP contribution in [0, 0.1) is 5.92 Å². The second-order valence-electron chi connectivity index (χ2n) is 15.7. The highest BCUT2D eigenvalue weighted by Gasteiger charge is 2.28. The minimum absolute atomic E-state index is 0.0277. The molecule has 8 N–H and O–H groups in total. The van der Waals surface area contributed by atoms with Gasteiger partial charge in [0.15, 0.2) is 5.96 Å². The van der Waals surface area contributed by atoms with Crippen molar-refractivity contribution in [2.45, 2.75) is 77.5 Å². The van der Waals surface area contributed by atoms with Crippen molar-refractivity contribution < 1.29 is 19.1 Å². The van der Waals surface area contributed by atoms with Gasteiger partial charge in [-0.05, 0) is 96.6 Å². The van der Waals surface area contributed by atoms with Crippen molar-refractivity contribution in [2.24, 2.45) is 28.1 Å². The third-order valence-electron chi connectivity index (χ3n) is 10.6. The van der Waals surface area contributed by atoms with E-state index in [1.165, 1.54) is 0 Å². The van der Waals surface area contributed by atoms with Gasteiger partial charge in [-0.1, -0.05) is 110 Å². The van der Waals surface area contributed by atoms with E-state index in [-0.39, 0.29) is 24.4 Å². The van der Waals surface area contributed by atoms with Crippen molar-refractivity contribution in [1.82, 2.24) is 25.6 Å². The maximum absolute atomic E-state index is 14.1. The van der Waals surface area contributed by atoms with E-state index in [1.807, 2.05) is 66.7 Å². The van der Waals surface area contributed by atoms with Crippen LogP contribution in [0.15, 0.2) is 114 Å². The number of carbonyl (C=O) groups excluding carboxylic acids is 2. The Hall–Kier alpha value is -6.47. The number of amides is 2. The Balaban J connectivity index is 1.24. The number of unbranched alkanes of at least 4 members (excludes halogenated alkanes) is 1. The van der Waals surface area contributed by atoms with Gasteiger partial charge in [0.1, 0.15) is 35.9 Å². The summed E-state index contributed by atoms with van der Waals surface area (Å²) in [6, 6.07) is 33.1. The quantitative estimate of drug-likeness (QED) is 0.0261. The number of hydrogen-bond acceptors (Lipinski definition) is 8. The smallest absolute Gasteiger partial charge is 0.245 e. The molecule has 1 heterocycles. The van der Waals surface area contributed by atoms with Crippen molar-refractivity contribution in [3.63, 3.8) is 0 Å². The van der Waals surface area contributed by atoms with E-state index in [0.29, 0.717) is 75.7 Å². The fourth-order valence-electron chi connectivity index (χ4n) is 7.35. The first kappa shape index (κ1) is 44.1. The van der Waals surface area contributed by atoms with Gasteiger partial charge in [0.05, 0.1) is 12.8 Å². The molecule has 0 bridgehead atoms. The number of benzene rings is 5. The molecule has 0 unspecified atom stereocenters. The van der Waals surface area contributed by atoms with E-state index in [2.05, 4.69) is 76.2 Å². The van der Waals surface area contributed by atoms with Gasteiger partial charge < -0.3 is 37.3 Å². The Morgan fingerprint density at radius 3 is 2.07 bits per heavy atom.